The fraction of sp³-hybridized carbons (Fsp3) is 0.513. The zero-order valence-corrected chi connectivity index (χ0v) is 28.7. The summed E-state index contributed by atoms with van der Waals surface area (Å²) in [6.07, 6.45) is 16.6. The van der Waals surface area contributed by atoms with Crippen molar-refractivity contribution in [2.24, 2.45) is 29.1 Å². The van der Waals surface area contributed by atoms with E-state index in [1.807, 2.05) is 48.8 Å². The number of Topliss-reactive ketones (excluding diaryl/α,β-unsaturated/α-hetero) is 1. The Balaban J connectivity index is 1.08. The number of carbonyl (C=O) groups is 3. The highest BCUT2D eigenvalue weighted by Gasteiger charge is 2.39. The van der Waals surface area contributed by atoms with Gasteiger partial charge >= 0.3 is 5.97 Å². The highest BCUT2D eigenvalue weighted by molar-refractivity contribution is 7.14. The molecule has 248 valence electrons. The van der Waals surface area contributed by atoms with Gasteiger partial charge in [0.2, 0.25) is 5.91 Å². The number of carboxylic acid groups (broad SMARTS) is 1. The Morgan fingerprint density at radius 3 is 2.26 bits per heavy atom. The zero-order chi connectivity index (χ0) is 33.1. The van der Waals surface area contributed by atoms with Crippen LogP contribution < -0.4 is 0 Å². The summed E-state index contributed by atoms with van der Waals surface area (Å²) in [7, 11) is 0. The lowest BCUT2D eigenvalue weighted by Crippen LogP contribution is -2.55. The molecule has 0 bridgehead atoms. The Hall–Kier alpha value is -3.65. The second-order valence-corrected chi connectivity index (χ2v) is 15.9. The van der Waals surface area contributed by atoms with E-state index in [1.54, 1.807) is 4.90 Å². The van der Waals surface area contributed by atoms with Crippen LogP contribution in [0.3, 0.4) is 0 Å². The van der Waals surface area contributed by atoms with E-state index >= 15 is 0 Å². The molecular formula is C39H47N3O4S. The molecular weight excluding hydrogens is 607 g/mol. The minimum absolute atomic E-state index is 0.0462. The van der Waals surface area contributed by atoms with Gasteiger partial charge in [0.15, 0.2) is 11.6 Å². The van der Waals surface area contributed by atoms with Crippen LogP contribution in [0.2, 0.25) is 0 Å². The summed E-state index contributed by atoms with van der Waals surface area (Å²) in [6.45, 7) is 7.26. The molecule has 1 saturated heterocycles. The highest BCUT2D eigenvalue weighted by Crippen LogP contribution is 2.45. The molecule has 1 aliphatic heterocycles. The van der Waals surface area contributed by atoms with Crippen molar-refractivity contribution in [3.8, 4) is 11.4 Å². The summed E-state index contributed by atoms with van der Waals surface area (Å²) in [5, 5.41) is 9.29. The molecule has 1 unspecified atom stereocenters. The van der Waals surface area contributed by atoms with Gasteiger partial charge in [-0.2, -0.15) is 0 Å². The SMILES string of the molecule is CCc1ccc(C(=O)C[C@@H](Cc2ccc(-c3ncc(C4=CCC(C5CCC(C)(C)CC5)CC4)cn3)cc2)C(=O)N2CC(C(=O)O)C2)s1. The number of aromatic nitrogens is 2. The molecule has 2 aliphatic carbocycles. The van der Waals surface area contributed by atoms with Crippen LogP contribution in [0, 0.1) is 29.1 Å². The summed E-state index contributed by atoms with van der Waals surface area (Å²) >= 11 is 1.48. The van der Waals surface area contributed by atoms with Gasteiger partial charge in [0, 0.05) is 53.8 Å². The van der Waals surface area contributed by atoms with Crippen LogP contribution in [0.5, 0.6) is 0 Å². The normalized spacial score (nSPS) is 20.7. The number of rotatable bonds is 11. The van der Waals surface area contributed by atoms with Crippen LogP contribution >= 0.6 is 11.3 Å². The fourth-order valence-corrected chi connectivity index (χ4v) is 8.41. The molecule has 1 N–H and O–H groups in total. The number of hydrogen-bond acceptors (Lipinski definition) is 6. The lowest BCUT2D eigenvalue weighted by molar-refractivity contribution is -0.154. The van der Waals surface area contributed by atoms with E-state index in [0.717, 1.165) is 52.7 Å². The molecule has 3 aromatic rings. The number of benzene rings is 1. The number of ketones is 1. The summed E-state index contributed by atoms with van der Waals surface area (Å²) in [4.78, 5) is 50.8. The summed E-state index contributed by atoms with van der Waals surface area (Å²) in [6, 6.07) is 11.7. The summed E-state index contributed by atoms with van der Waals surface area (Å²) < 4.78 is 0. The van der Waals surface area contributed by atoms with Crippen LogP contribution in [-0.4, -0.2) is 50.7 Å². The van der Waals surface area contributed by atoms with Crippen molar-refractivity contribution in [2.75, 3.05) is 13.1 Å². The maximum absolute atomic E-state index is 13.5. The number of carboxylic acids is 1. The number of nitrogens with zero attached hydrogens (tertiary/aromatic N) is 3. The first kappa shape index (κ1) is 33.3. The minimum atomic E-state index is -0.888. The Kier molecular flexibility index (Phi) is 10.1. The van der Waals surface area contributed by atoms with E-state index in [9.17, 15) is 19.5 Å². The van der Waals surface area contributed by atoms with Crippen LogP contribution in [0.4, 0.5) is 0 Å². The minimum Gasteiger partial charge on any atom is -0.481 e. The first-order valence-electron chi connectivity index (χ1n) is 17.3. The Labute approximate surface area is 282 Å². The van der Waals surface area contributed by atoms with Gasteiger partial charge in [0.1, 0.15) is 0 Å². The van der Waals surface area contributed by atoms with Gasteiger partial charge in [-0.25, -0.2) is 9.97 Å². The van der Waals surface area contributed by atoms with Gasteiger partial charge in [-0.1, -0.05) is 51.1 Å². The fourth-order valence-electron chi connectivity index (χ4n) is 7.52. The van der Waals surface area contributed by atoms with Crippen molar-refractivity contribution >= 4 is 34.6 Å². The number of amides is 1. The number of allylic oxidation sites excluding steroid dienone is 2. The Bertz CT molecular complexity index is 1610. The Morgan fingerprint density at radius 1 is 0.957 bits per heavy atom. The number of thiophene rings is 1. The average Bonchev–Trinajstić information content (AvgIpc) is 3.54. The molecule has 1 aromatic carbocycles. The molecule has 3 heterocycles. The second-order valence-electron chi connectivity index (χ2n) is 14.7. The van der Waals surface area contributed by atoms with Crippen LogP contribution in [0.1, 0.15) is 97.8 Å². The van der Waals surface area contributed by atoms with E-state index in [-0.39, 0.29) is 31.2 Å². The predicted octanol–water partition coefficient (Wildman–Crippen LogP) is 8.14. The number of likely N-dealkylation sites (tertiary alicyclic amines) is 1. The number of carbonyl (C=O) groups excluding carboxylic acids is 2. The highest BCUT2D eigenvalue weighted by atomic mass is 32.1. The average molecular weight is 654 g/mol. The predicted molar refractivity (Wildman–Crippen MR) is 186 cm³/mol. The molecule has 6 rings (SSSR count). The van der Waals surface area contributed by atoms with E-state index in [1.165, 1.54) is 49.0 Å². The van der Waals surface area contributed by atoms with Gasteiger partial charge in [0.25, 0.3) is 0 Å². The third-order valence-electron chi connectivity index (χ3n) is 10.8. The molecule has 2 fully saturated rings. The third-order valence-corrected chi connectivity index (χ3v) is 12.1. The van der Waals surface area contributed by atoms with Gasteiger partial charge in [-0.15, -0.1) is 11.3 Å². The lowest BCUT2D eigenvalue weighted by Gasteiger charge is -2.39. The van der Waals surface area contributed by atoms with Crippen LogP contribution in [-0.2, 0) is 22.4 Å². The zero-order valence-electron chi connectivity index (χ0n) is 27.9. The molecule has 2 atom stereocenters. The van der Waals surface area contributed by atoms with Crippen molar-refractivity contribution in [1.82, 2.24) is 14.9 Å². The third kappa shape index (κ3) is 7.91. The molecule has 2 aromatic heterocycles. The molecule has 1 saturated carbocycles. The number of aliphatic carboxylic acids is 1. The Morgan fingerprint density at radius 2 is 1.66 bits per heavy atom. The quantitative estimate of drug-likeness (QED) is 0.210. The van der Waals surface area contributed by atoms with E-state index in [2.05, 4.69) is 26.8 Å². The monoisotopic (exact) mass is 653 g/mol. The summed E-state index contributed by atoms with van der Waals surface area (Å²) in [5.74, 6) is 0.149. The van der Waals surface area contributed by atoms with Crippen molar-refractivity contribution in [1.29, 1.82) is 0 Å². The van der Waals surface area contributed by atoms with Crippen molar-refractivity contribution in [2.45, 2.75) is 85.0 Å². The van der Waals surface area contributed by atoms with Crippen molar-refractivity contribution in [3.05, 3.63) is 75.7 Å². The molecule has 3 aliphatic rings. The van der Waals surface area contributed by atoms with Crippen LogP contribution in [0.15, 0.2) is 54.9 Å². The van der Waals surface area contributed by atoms with E-state index in [0.29, 0.717) is 22.5 Å². The smallest absolute Gasteiger partial charge is 0.310 e. The van der Waals surface area contributed by atoms with E-state index < -0.39 is 17.8 Å². The van der Waals surface area contributed by atoms with Gasteiger partial charge < -0.3 is 10.0 Å². The number of aryl methyl sites for hydroxylation is 1. The topological polar surface area (TPSA) is 100 Å². The largest absolute Gasteiger partial charge is 0.481 e. The molecule has 0 spiro atoms. The number of hydrogen-bond donors (Lipinski definition) is 1. The van der Waals surface area contributed by atoms with Crippen molar-refractivity contribution < 1.29 is 19.5 Å². The van der Waals surface area contributed by atoms with Crippen LogP contribution in [0.25, 0.3) is 17.0 Å². The van der Waals surface area contributed by atoms with Crippen molar-refractivity contribution in [3.63, 3.8) is 0 Å². The standard InChI is InChI=1S/C39H47N3O4S/c1-4-33-13-14-35(47-33)34(43)20-30(37(44)42-23-32(24-42)38(45)46)19-25-5-7-29(8-6-25)36-40-21-31(22-41-36)27-11-9-26(10-12-27)28-15-17-39(2,3)18-16-28/h5-8,11,13-14,21-22,26,28,30,32H,4,9-10,12,15-20,23-24H2,1-3H3,(H,45,46)/t26?,30-/m1/s1. The summed E-state index contributed by atoms with van der Waals surface area (Å²) in [5.41, 5.74) is 4.81. The molecule has 47 heavy (non-hydrogen) atoms. The molecule has 8 heteroatoms. The first-order valence-corrected chi connectivity index (χ1v) is 18.1. The lowest BCUT2D eigenvalue weighted by atomic mass is 9.67. The van der Waals surface area contributed by atoms with Gasteiger partial charge in [0.05, 0.1) is 10.8 Å². The van der Waals surface area contributed by atoms with Gasteiger partial charge in [-0.05, 0) is 98.3 Å². The molecule has 0 radical (unpaired) electrons. The van der Waals surface area contributed by atoms with E-state index in [4.69, 9.17) is 9.97 Å². The molecule has 7 nitrogen and oxygen atoms in total. The second kappa shape index (κ2) is 14.2. The van der Waals surface area contributed by atoms with Gasteiger partial charge in [-0.3, -0.25) is 14.4 Å². The maximum atomic E-state index is 13.5. The first-order chi connectivity index (χ1) is 22.6. The molecule has 1 amide bonds. The maximum Gasteiger partial charge on any atom is 0.310 e.